The molecule has 1 aromatic heterocycles. The molecule has 0 aliphatic heterocycles. The van der Waals surface area contributed by atoms with Gasteiger partial charge in [-0.25, -0.2) is 0 Å². The predicted molar refractivity (Wildman–Crippen MR) is 63.7 cm³/mol. The Morgan fingerprint density at radius 3 is 2.93 bits per heavy atom. The Hall–Kier alpha value is -0.870. The highest BCUT2D eigenvalue weighted by molar-refractivity contribution is 7.07. The third-order valence-corrected chi connectivity index (χ3v) is 3.02. The zero-order valence-corrected chi connectivity index (χ0v) is 10.1. The molecule has 1 aromatic rings. The maximum atomic E-state index is 11.8. The molecule has 3 nitrogen and oxygen atoms in total. The van der Waals surface area contributed by atoms with Crippen LogP contribution in [0.2, 0.25) is 0 Å². The number of thiophene rings is 1. The van der Waals surface area contributed by atoms with E-state index in [2.05, 4.69) is 5.38 Å². The molecule has 2 N–H and O–H groups in total. The lowest BCUT2D eigenvalue weighted by Crippen LogP contribution is -2.41. The summed E-state index contributed by atoms with van der Waals surface area (Å²) in [6.45, 7) is 2.69. The van der Waals surface area contributed by atoms with Crippen LogP contribution < -0.4 is 5.73 Å². The number of rotatable bonds is 5. The SMILES string of the molecule is CCC[C@H](N)C(=O)N(C)Cc1ccsc1. The van der Waals surface area contributed by atoms with Gasteiger partial charge in [0.15, 0.2) is 0 Å². The Morgan fingerprint density at radius 2 is 2.40 bits per heavy atom. The van der Waals surface area contributed by atoms with Gasteiger partial charge in [0.25, 0.3) is 0 Å². The first kappa shape index (κ1) is 12.2. The molecule has 15 heavy (non-hydrogen) atoms. The van der Waals surface area contributed by atoms with Gasteiger partial charge < -0.3 is 10.6 Å². The summed E-state index contributed by atoms with van der Waals surface area (Å²) >= 11 is 1.64. The molecule has 0 spiro atoms. The van der Waals surface area contributed by atoms with Crippen LogP contribution in [-0.4, -0.2) is 23.9 Å². The molecule has 0 bridgehead atoms. The second-order valence-electron chi connectivity index (χ2n) is 3.72. The lowest BCUT2D eigenvalue weighted by Gasteiger charge is -2.20. The minimum atomic E-state index is -0.348. The quantitative estimate of drug-likeness (QED) is 0.832. The van der Waals surface area contributed by atoms with E-state index in [4.69, 9.17) is 5.73 Å². The van der Waals surface area contributed by atoms with E-state index in [1.165, 1.54) is 5.56 Å². The molecule has 0 radical (unpaired) electrons. The van der Waals surface area contributed by atoms with Gasteiger partial charge in [-0.3, -0.25) is 4.79 Å². The van der Waals surface area contributed by atoms with Gasteiger partial charge in [-0.05, 0) is 28.8 Å². The van der Waals surface area contributed by atoms with Crippen molar-refractivity contribution in [2.75, 3.05) is 7.05 Å². The van der Waals surface area contributed by atoms with Crippen LogP contribution in [0, 0.1) is 0 Å². The molecular weight excluding hydrogens is 208 g/mol. The van der Waals surface area contributed by atoms with Crippen molar-refractivity contribution in [3.8, 4) is 0 Å². The van der Waals surface area contributed by atoms with Crippen LogP contribution in [-0.2, 0) is 11.3 Å². The van der Waals surface area contributed by atoms with E-state index in [9.17, 15) is 4.79 Å². The number of carbonyl (C=O) groups excluding carboxylic acids is 1. The maximum absolute atomic E-state index is 11.8. The molecule has 1 heterocycles. The number of amides is 1. The monoisotopic (exact) mass is 226 g/mol. The van der Waals surface area contributed by atoms with Crippen LogP contribution in [0.1, 0.15) is 25.3 Å². The standard InChI is InChI=1S/C11H18N2OS/c1-3-4-10(12)11(14)13(2)7-9-5-6-15-8-9/h5-6,8,10H,3-4,7,12H2,1-2H3/t10-/m0/s1. The molecule has 0 saturated carbocycles. The minimum Gasteiger partial charge on any atom is -0.340 e. The molecule has 0 unspecified atom stereocenters. The highest BCUT2D eigenvalue weighted by Crippen LogP contribution is 2.09. The van der Waals surface area contributed by atoms with Crippen LogP contribution in [0.25, 0.3) is 0 Å². The van der Waals surface area contributed by atoms with Gasteiger partial charge in [-0.2, -0.15) is 11.3 Å². The van der Waals surface area contributed by atoms with Crippen LogP contribution in [0.5, 0.6) is 0 Å². The van der Waals surface area contributed by atoms with Gasteiger partial charge >= 0.3 is 0 Å². The van der Waals surface area contributed by atoms with Gasteiger partial charge in [-0.1, -0.05) is 13.3 Å². The third kappa shape index (κ3) is 3.64. The van der Waals surface area contributed by atoms with Crippen molar-refractivity contribution in [3.63, 3.8) is 0 Å². The number of nitrogens with zero attached hydrogens (tertiary/aromatic N) is 1. The maximum Gasteiger partial charge on any atom is 0.239 e. The van der Waals surface area contributed by atoms with E-state index in [0.717, 1.165) is 12.8 Å². The molecule has 0 aliphatic rings. The van der Waals surface area contributed by atoms with Crippen molar-refractivity contribution >= 4 is 17.2 Å². The summed E-state index contributed by atoms with van der Waals surface area (Å²) in [5.41, 5.74) is 6.94. The topological polar surface area (TPSA) is 46.3 Å². The van der Waals surface area contributed by atoms with Gasteiger partial charge in [-0.15, -0.1) is 0 Å². The smallest absolute Gasteiger partial charge is 0.239 e. The summed E-state index contributed by atoms with van der Waals surface area (Å²) in [5, 5.41) is 4.06. The first-order valence-electron chi connectivity index (χ1n) is 5.16. The van der Waals surface area contributed by atoms with Gasteiger partial charge in [0.1, 0.15) is 0 Å². The van der Waals surface area contributed by atoms with Crippen molar-refractivity contribution in [2.45, 2.75) is 32.4 Å². The van der Waals surface area contributed by atoms with Crippen molar-refractivity contribution in [1.29, 1.82) is 0 Å². The van der Waals surface area contributed by atoms with Gasteiger partial charge in [0, 0.05) is 13.6 Å². The molecular formula is C11H18N2OS. The van der Waals surface area contributed by atoms with Crippen molar-refractivity contribution in [2.24, 2.45) is 5.73 Å². The summed E-state index contributed by atoms with van der Waals surface area (Å²) in [6.07, 6.45) is 1.70. The molecule has 0 aliphatic carbocycles. The number of hydrogen-bond donors (Lipinski definition) is 1. The molecule has 84 valence electrons. The first-order valence-corrected chi connectivity index (χ1v) is 6.11. The van der Waals surface area contributed by atoms with E-state index in [1.807, 2.05) is 18.4 Å². The predicted octanol–water partition coefficient (Wildman–Crippen LogP) is 1.83. The Bertz CT molecular complexity index is 298. The van der Waals surface area contributed by atoms with E-state index < -0.39 is 0 Å². The number of likely N-dealkylation sites (N-methyl/N-ethyl adjacent to an activating group) is 1. The highest BCUT2D eigenvalue weighted by Gasteiger charge is 2.16. The van der Waals surface area contributed by atoms with Crippen LogP contribution in [0.3, 0.4) is 0 Å². The lowest BCUT2D eigenvalue weighted by molar-refractivity contribution is -0.131. The zero-order chi connectivity index (χ0) is 11.3. The fraction of sp³-hybridized carbons (Fsp3) is 0.545. The number of hydrogen-bond acceptors (Lipinski definition) is 3. The fourth-order valence-electron chi connectivity index (χ4n) is 1.45. The molecule has 1 amide bonds. The molecule has 4 heteroatoms. The Balaban J connectivity index is 2.46. The fourth-order valence-corrected chi connectivity index (χ4v) is 2.11. The molecule has 0 fully saturated rings. The van der Waals surface area contributed by atoms with Crippen molar-refractivity contribution < 1.29 is 4.79 Å². The summed E-state index contributed by atoms with van der Waals surface area (Å²) in [4.78, 5) is 13.5. The molecule has 1 atom stereocenters. The lowest BCUT2D eigenvalue weighted by atomic mass is 10.1. The Kier molecular flexibility index (Phi) is 4.78. The minimum absolute atomic E-state index is 0.0306. The summed E-state index contributed by atoms with van der Waals surface area (Å²) < 4.78 is 0. The first-order chi connectivity index (χ1) is 7.15. The summed E-state index contributed by atoms with van der Waals surface area (Å²) in [5.74, 6) is 0.0306. The molecule has 1 rings (SSSR count). The van der Waals surface area contributed by atoms with Crippen LogP contribution in [0.4, 0.5) is 0 Å². The third-order valence-electron chi connectivity index (χ3n) is 2.29. The van der Waals surface area contributed by atoms with Crippen molar-refractivity contribution in [3.05, 3.63) is 22.4 Å². The van der Waals surface area contributed by atoms with Crippen molar-refractivity contribution in [1.82, 2.24) is 4.90 Å². The van der Waals surface area contributed by atoms with Crippen LogP contribution in [0.15, 0.2) is 16.8 Å². The van der Waals surface area contributed by atoms with Gasteiger partial charge in [0.05, 0.1) is 6.04 Å². The second kappa shape index (κ2) is 5.88. The van der Waals surface area contributed by atoms with E-state index in [1.54, 1.807) is 23.3 Å². The van der Waals surface area contributed by atoms with E-state index in [-0.39, 0.29) is 11.9 Å². The average Bonchev–Trinajstić information content (AvgIpc) is 2.69. The Morgan fingerprint density at radius 1 is 1.67 bits per heavy atom. The van der Waals surface area contributed by atoms with Crippen LogP contribution >= 0.6 is 11.3 Å². The largest absolute Gasteiger partial charge is 0.340 e. The molecule has 0 saturated heterocycles. The zero-order valence-electron chi connectivity index (χ0n) is 9.27. The van der Waals surface area contributed by atoms with E-state index >= 15 is 0 Å². The second-order valence-corrected chi connectivity index (χ2v) is 4.50. The summed E-state index contributed by atoms with van der Waals surface area (Å²) in [7, 11) is 1.80. The summed E-state index contributed by atoms with van der Waals surface area (Å²) in [6, 6.07) is 1.68. The number of carbonyl (C=O) groups is 1. The highest BCUT2D eigenvalue weighted by atomic mass is 32.1. The average molecular weight is 226 g/mol. The van der Waals surface area contributed by atoms with E-state index in [0.29, 0.717) is 6.54 Å². The van der Waals surface area contributed by atoms with Gasteiger partial charge in [0.2, 0.25) is 5.91 Å². The normalized spacial score (nSPS) is 12.5. The Labute approximate surface area is 94.9 Å². The number of nitrogens with two attached hydrogens (primary N) is 1. The molecule has 0 aromatic carbocycles.